The first-order valence-corrected chi connectivity index (χ1v) is 11.4. The van der Waals surface area contributed by atoms with E-state index in [1.54, 1.807) is 6.07 Å². The molecule has 2 aromatic carbocycles. The van der Waals surface area contributed by atoms with E-state index < -0.39 is 11.7 Å². The molecule has 166 valence electrons. The van der Waals surface area contributed by atoms with Crippen LogP contribution in [0.1, 0.15) is 72.3 Å². The number of fused-ring (bicyclic) bond motifs is 1. The molecular formula is C28H27F3O. The molecule has 32 heavy (non-hydrogen) atoms. The molecule has 3 aliphatic rings. The van der Waals surface area contributed by atoms with Crippen LogP contribution >= 0.6 is 0 Å². The summed E-state index contributed by atoms with van der Waals surface area (Å²) in [6, 6.07) is 11.0. The number of hydrogen-bond acceptors (Lipinski definition) is 1. The summed E-state index contributed by atoms with van der Waals surface area (Å²) in [5.41, 5.74) is 5.65. The summed E-state index contributed by atoms with van der Waals surface area (Å²) >= 11 is 0. The Morgan fingerprint density at radius 2 is 1.72 bits per heavy atom. The van der Waals surface area contributed by atoms with Crippen LogP contribution in [0, 0.1) is 5.92 Å². The molecule has 1 fully saturated rings. The first kappa shape index (κ1) is 21.1. The van der Waals surface area contributed by atoms with Crippen LogP contribution in [-0.4, -0.2) is 7.11 Å². The summed E-state index contributed by atoms with van der Waals surface area (Å²) in [6.45, 7) is 0. The van der Waals surface area contributed by atoms with Crippen LogP contribution in [0.3, 0.4) is 0 Å². The van der Waals surface area contributed by atoms with Crippen molar-refractivity contribution >= 4 is 17.2 Å². The van der Waals surface area contributed by atoms with Gasteiger partial charge in [-0.2, -0.15) is 13.2 Å². The first-order chi connectivity index (χ1) is 15.4. The Morgan fingerprint density at radius 3 is 2.47 bits per heavy atom. The van der Waals surface area contributed by atoms with Crippen molar-refractivity contribution < 1.29 is 17.9 Å². The molecule has 0 saturated heterocycles. The van der Waals surface area contributed by atoms with E-state index in [1.807, 2.05) is 12.2 Å². The molecule has 1 unspecified atom stereocenters. The van der Waals surface area contributed by atoms with Gasteiger partial charge in [-0.15, -0.1) is 0 Å². The Balaban J connectivity index is 1.39. The third-order valence-corrected chi connectivity index (χ3v) is 7.17. The minimum Gasteiger partial charge on any atom is -0.496 e. The van der Waals surface area contributed by atoms with Crippen molar-refractivity contribution in [2.45, 2.75) is 50.6 Å². The van der Waals surface area contributed by atoms with E-state index in [1.165, 1.54) is 62.5 Å². The van der Waals surface area contributed by atoms with Gasteiger partial charge in [-0.1, -0.05) is 61.8 Å². The third-order valence-electron chi connectivity index (χ3n) is 7.17. The summed E-state index contributed by atoms with van der Waals surface area (Å²) in [5, 5.41) is 0. The highest BCUT2D eigenvalue weighted by molar-refractivity contribution is 5.90. The highest BCUT2D eigenvalue weighted by Gasteiger charge is 2.35. The number of halogens is 3. The van der Waals surface area contributed by atoms with E-state index in [2.05, 4.69) is 30.4 Å². The SMILES string of the molecule is COc1ccc(C2=CCC(c3ccc4c(c3)C=CC4C3CCCCC3)=C2)cc1C(F)(F)F. The van der Waals surface area contributed by atoms with Gasteiger partial charge in [-0.05, 0) is 76.8 Å². The maximum atomic E-state index is 13.4. The van der Waals surface area contributed by atoms with Crippen LogP contribution in [0.4, 0.5) is 13.2 Å². The molecule has 1 atom stereocenters. The topological polar surface area (TPSA) is 9.23 Å². The average Bonchev–Trinajstić information content (AvgIpc) is 3.46. The molecular weight excluding hydrogens is 409 g/mol. The van der Waals surface area contributed by atoms with Crippen molar-refractivity contribution in [3.05, 3.63) is 82.4 Å². The molecule has 1 saturated carbocycles. The summed E-state index contributed by atoms with van der Waals surface area (Å²) in [5.74, 6) is 1.14. The smallest absolute Gasteiger partial charge is 0.419 e. The largest absolute Gasteiger partial charge is 0.496 e. The molecule has 0 bridgehead atoms. The minimum absolute atomic E-state index is 0.151. The summed E-state index contributed by atoms with van der Waals surface area (Å²) < 4.78 is 45.2. The van der Waals surface area contributed by atoms with Crippen molar-refractivity contribution in [2.75, 3.05) is 7.11 Å². The predicted octanol–water partition coefficient (Wildman–Crippen LogP) is 8.28. The second-order valence-electron chi connectivity index (χ2n) is 9.07. The molecule has 0 heterocycles. The summed E-state index contributed by atoms with van der Waals surface area (Å²) in [4.78, 5) is 0. The van der Waals surface area contributed by atoms with Crippen molar-refractivity contribution in [3.8, 4) is 5.75 Å². The lowest BCUT2D eigenvalue weighted by molar-refractivity contribution is -0.138. The number of alkyl halides is 3. The molecule has 0 aliphatic heterocycles. The van der Waals surface area contributed by atoms with Crippen LogP contribution in [0.2, 0.25) is 0 Å². The second kappa shape index (κ2) is 8.31. The van der Waals surface area contributed by atoms with Gasteiger partial charge in [0.25, 0.3) is 0 Å². The summed E-state index contributed by atoms with van der Waals surface area (Å²) in [7, 11) is 1.26. The molecule has 4 heteroatoms. The Bertz CT molecular complexity index is 1110. The number of allylic oxidation sites excluding steroid dienone is 5. The van der Waals surface area contributed by atoms with Crippen LogP contribution in [0.15, 0.2) is 54.6 Å². The van der Waals surface area contributed by atoms with Gasteiger partial charge in [0.15, 0.2) is 0 Å². The Hall–Kier alpha value is -2.75. The van der Waals surface area contributed by atoms with Gasteiger partial charge in [0, 0.05) is 5.92 Å². The first-order valence-electron chi connectivity index (χ1n) is 11.4. The van der Waals surface area contributed by atoms with Gasteiger partial charge < -0.3 is 4.74 Å². The highest BCUT2D eigenvalue weighted by atomic mass is 19.4. The Morgan fingerprint density at radius 1 is 0.938 bits per heavy atom. The van der Waals surface area contributed by atoms with Crippen LogP contribution < -0.4 is 4.74 Å². The summed E-state index contributed by atoms with van der Waals surface area (Å²) in [6.07, 6.45) is 11.6. The molecule has 2 aromatic rings. The fraction of sp³-hybridized carbons (Fsp3) is 0.357. The lowest BCUT2D eigenvalue weighted by Crippen LogP contribution is -2.13. The van der Waals surface area contributed by atoms with Gasteiger partial charge in [0.2, 0.25) is 0 Å². The van der Waals surface area contributed by atoms with Crippen LogP contribution in [0.25, 0.3) is 17.2 Å². The minimum atomic E-state index is -4.45. The van der Waals surface area contributed by atoms with Crippen molar-refractivity contribution in [3.63, 3.8) is 0 Å². The average molecular weight is 437 g/mol. The zero-order valence-corrected chi connectivity index (χ0v) is 18.2. The monoisotopic (exact) mass is 436 g/mol. The fourth-order valence-electron chi connectivity index (χ4n) is 5.47. The lowest BCUT2D eigenvalue weighted by Gasteiger charge is -2.27. The van der Waals surface area contributed by atoms with Crippen molar-refractivity contribution in [2.24, 2.45) is 5.92 Å². The third kappa shape index (κ3) is 3.92. The molecule has 1 nitrogen and oxygen atoms in total. The number of methoxy groups -OCH3 is 1. The van der Waals surface area contributed by atoms with Gasteiger partial charge in [0.1, 0.15) is 5.75 Å². The number of hydrogen-bond donors (Lipinski definition) is 0. The molecule has 5 rings (SSSR count). The van der Waals surface area contributed by atoms with Crippen LogP contribution in [-0.2, 0) is 6.18 Å². The predicted molar refractivity (Wildman–Crippen MR) is 123 cm³/mol. The molecule has 0 amide bonds. The van der Waals surface area contributed by atoms with Crippen molar-refractivity contribution in [1.29, 1.82) is 0 Å². The zero-order valence-electron chi connectivity index (χ0n) is 18.2. The van der Waals surface area contributed by atoms with E-state index >= 15 is 0 Å². The number of benzene rings is 2. The van der Waals surface area contributed by atoms with E-state index in [4.69, 9.17) is 4.74 Å². The maximum Gasteiger partial charge on any atom is 0.419 e. The Kier molecular flexibility index (Phi) is 5.48. The zero-order chi connectivity index (χ0) is 22.3. The molecule has 0 aromatic heterocycles. The fourth-order valence-corrected chi connectivity index (χ4v) is 5.47. The molecule has 3 aliphatic carbocycles. The van der Waals surface area contributed by atoms with Gasteiger partial charge in [-0.25, -0.2) is 0 Å². The number of ether oxygens (including phenoxy) is 1. The maximum absolute atomic E-state index is 13.4. The quantitative estimate of drug-likeness (QED) is 0.469. The van der Waals surface area contributed by atoms with Crippen molar-refractivity contribution in [1.82, 2.24) is 0 Å². The highest BCUT2D eigenvalue weighted by Crippen LogP contribution is 2.44. The normalized spacial score (nSPS) is 20.8. The van der Waals surface area contributed by atoms with E-state index in [9.17, 15) is 13.2 Å². The van der Waals surface area contributed by atoms with E-state index in [0.717, 1.165) is 29.0 Å². The van der Waals surface area contributed by atoms with Gasteiger partial charge in [-0.3, -0.25) is 0 Å². The van der Waals surface area contributed by atoms with Gasteiger partial charge in [0.05, 0.1) is 12.7 Å². The van der Waals surface area contributed by atoms with E-state index in [-0.39, 0.29) is 5.75 Å². The van der Waals surface area contributed by atoms with Gasteiger partial charge >= 0.3 is 6.18 Å². The lowest BCUT2D eigenvalue weighted by atomic mass is 9.77. The standard InChI is InChI=1S/C28H27F3O/c1-32-27-14-11-22(17-26(27)28(29,30)31)20-8-7-19(15-20)21-9-12-25-23(16-21)10-13-24(25)18-5-3-2-4-6-18/h8-18,24H,2-7H2,1H3. The van der Waals surface area contributed by atoms with E-state index in [0.29, 0.717) is 11.5 Å². The van der Waals surface area contributed by atoms with Crippen LogP contribution in [0.5, 0.6) is 5.75 Å². The molecule has 0 spiro atoms. The molecule has 0 radical (unpaired) electrons. The Labute approximate surface area is 187 Å². The number of rotatable bonds is 4. The second-order valence-corrected chi connectivity index (χ2v) is 9.07. The molecule has 0 N–H and O–H groups in total.